The summed E-state index contributed by atoms with van der Waals surface area (Å²) in [5, 5.41) is 11.8. The Bertz CT molecular complexity index is 877. The van der Waals surface area contributed by atoms with Crippen molar-refractivity contribution in [1.82, 2.24) is 0 Å². The molecule has 0 aliphatic heterocycles. The first-order valence-electron chi connectivity index (χ1n) is 9.15. The number of fused-ring (bicyclic) bond motifs is 1. The third-order valence-electron chi connectivity index (χ3n) is 5.16. The van der Waals surface area contributed by atoms with E-state index < -0.39 is 5.60 Å². The van der Waals surface area contributed by atoms with Gasteiger partial charge in [0, 0.05) is 16.7 Å². The van der Waals surface area contributed by atoms with E-state index in [1.165, 1.54) is 0 Å². The van der Waals surface area contributed by atoms with Crippen molar-refractivity contribution in [1.29, 1.82) is 0 Å². The molecular weight excluding hydrogens is 320 g/mol. The maximum Gasteiger partial charge on any atom is 0.189 e. The zero-order valence-corrected chi connectivity index (χ0v) is 16.6. The SMILES string of the molecule is CC(C)(C)C1=C[C@@](O)(c2ccccc2)c2cc(C(C)(C)C)ccc2C1=O. The Hall–Kier alpha value is -2.19. The molecule has 1 atom stereocenters. The van der Waals surface area contributed by atoms with Gasteiger partial charge in [-0.05, 0) is 28.0 Å². The fourth-order valence-electron chi connectivity index (χ4n) is 3.51. The van der Waals surface area contributed by atoms with Crippen molar-refractivity contribution < 1.29 is 9.90 Å². The molecule has 136 valence electrons. The molecule has 0 aromatic heterocycles. The molecular formula is C24H28O2. The highest BCUT2D eigenvalue weighted by molar-refractivity contribution is 6.12. The number of aliphatic hydroxyl groups is 1. The van der Waals surface area contributed by atoms with Crippen molar-refractivity contribution in [2.24, 2.45) is 5.41 Å². The summed E-state index contributed by atoms with van der Waals surface area (Å²) in [5.41, 5.74) is 2.08. The van der Waals surface area contributed by atoms with E-state index in [9.17, 15) is 9.90 Å². The largest absolute Gasteiger partial charge is 0.377 e. The summed E-state index contributed by atoms with van der Waals surface area (Å²) in [5.74, 6) is 0.00793. The van der Waals surface area contributed by atoms with Gasteiger partial charge in [-0.1, -0.05) is 90.1 Å². The molecule has 1 aliphatic carbocycles. The second-order valence-corrected chi connectivity index (χ2v) is 9.28. The number of benzene rings is 2. The first kappa shape index (κ1) is 18.6. The van der Waals surface area contributed by atoms with Crippen molar-refractivity contribution in [3.05, 3.63) is 82.4 Å². The van der Waals surface area contributed by atoms with Crippen LogP contribution < -0.4 is 0 Å². The minimum atomic E-state index is -1.31. The molecule has 0 bridgehead atoms. The van der Waals surface area contributed by atoms with E-state index >= 15 is 0 Å². The highest BCUT2D eigenvalue weighted by atomic mass is 16.3. The zero-order valence-electron chi connectivity index (χ0n) is 16.6. The zero-order chi connectivity index (χ0) is 19.3. The number of Topliss-reactive ketones (excluding diaryl/α,β-unsaturated/α-hetero) is 1. The minimum absolute atomic E-state index is 0.00793. The fraction of sp³-hybridized carbons (Fsp3) is 0.375. The molecule has 0 amide bonds. The Morgan fingerprint density at radius 3 is 2.00 bits per heavy atom. The lowest BCUT2D eigenvalue weighted by Gasteiger charge is -2.37. The van der Waals surface area contributed by atoms with Crippen LogP contribution in [0.15, 0.2) is 60.2 Å². The van der Waals surface area contributed by atoms with Crippen molar-refractivity contribution >= 4 is 5.78 Å². The van der Waals surface area contributed by atoms with Crippen LogP contribution in [-0.2, 0) is 11.0 Å². The molecule has 0 heterocycles. The number of hydrogen-bond donors (Lipinski definition) is 1. The number of ketones is 1. The topological polar surface area (TPSA) is 37.3 Å². The van der Waals surface area contributed by atoms with Crippen molar-refractivity contribution in [3.8, 4) is 0 Å². The van der Waals surface area contributed by atoms with Gasteiger partial charge >= 0.3 is 0 Å². The van der Waals surface area contributed by atoms with Gasteiger partial charge in [0.25, 0.3) is 0 Å². The molecule has 1 aliphatic rings. The lowest BCUT2D eigenvalue weighted by molar-refractivity contribution is 0.0940. The average molecular weight is 348 g/mol. The van der Waals surface area contributed by atoms with Crippen LogP contribution in [0.5, 0.6) is 0 Å². The maximum absolute atomic E-state index is 13.2. The Labute approximate surface area is 156 Å². The van der Waals surface area contributed by atoms with Gasteiger partial charge in [0.2, 0.25) is 0 Å². The molecule has 2 aromatic carbocycles. The molecule has 2 heteroatoms. The van der Waals surface area contributed by atoms with Crippen LogP contribution in [0.4, 0.5) is 0 Å². The molecule has 0 unspecified atom stereocenters. The van der Waals surface area contributed by atoms with Crippen LogP contribution in [0.2, 0.25) is 0 Å². The Balaban J connectivity index is 2.34. The molecule has 2 aromatic rings. The van der Waals surface area contributed by atoms with Gasteiger partial charge in [-0.25, -0.2) is 0 Å². The normalized spacial score (nSPS) is 20.6. The van der Waals surface area contributed by atoms with Crippen molar-refractivity contribution in [2.75, 3.05) is 0 Å². The van der Waals surface area contributed by atoms with Gasteiger partial charge in [-0.15, -0.1) is 0 Å². The molecule has 0 fully saturated rings. The van der Waals surface area contributed by atoms with Gasteiger partial charge in [0.1, 0.15) is 5.60 Å². The summed E-state index contributed by atoms with van der Waals surface area (Å²) < 4.78 is 0. The number of allylic oxidation sites excluding steroid dienone is 1. The number of hydrogen-bond acceptors (Lipinski definition) is 2. The summed E-state index contributed by atoms with van der Waals surface area (Å²) in [6, 6.07) is 15.5. The maximum atomic E-state index is 13.2. The first-order chi connectivity index (χ1) is 11.9. The molecule has 0 spiro atoms. The smallest absolute Gasteiger partial charge is 0.189 e. The van der Waals surface area contributed by atoms with Crippen molar-refractivity contribution in [3.63, 3.8) is 0 Å². The van der Waals surface area contributed by atoms with Crippen LogP contribution in [0.3, 0.4) is 0 Å². The van der Waals surface area contributed by atoms with E-state index in [0.29, 0.717) is 16.7 Å². The summed E-state index contributed by atoms with van der Waals surface area (Å²) >= 11 is 0. The van der Waals surface area contributed by atoms with Gasteiger partial charge < -0.3 is 5.11 Å². The molecule has 2 nitrogen and oxygen atoms in total. The highest BCUT2D eigenvalue weighted by Crippen LogP contribution is 2.44. The van der Waals surface area contributed by atoms with Crippen LogP contribution in [0.1, 0.15) is 68.6 Å². The van der Waals surface area contributed by atoms with Crippen LogP contribution in [0, 0.1) is 5.41 Å². The summed E-state index contributed by atoms with van der Waals surface area (Å²) in [7, 11) is 0. The standard InChI is InChI=1S/C24H28O2/c1-22(2,3)17-12-13-18-19(14-17)24(26,16-10-8-7-9-11-16)15-20(21(18)25)23(4,5)6/h7-15,26H,1-6H3/t24-/m1/s1. The quantitative estimate of drug-likeness (QED) is 0.750. The lowest BCUT2D eigenvalue weighted by Crippen LogP contribution is -2.36. The number of rotatable bonds is 1. The van der Waals surface area contributed by atoms with Crippen LogP contribution >= 0.6 is 0 Å². The second kappa shape index (κ2) is 5.92. The lowest BCUT2D eigenvalue weighted by atomic mass is 9.69. The van der Waals surface area contributed by atoms with E-state index in [1.54, 1.807) is 6.08 Å². The molecule has 3 rings (SSSR count). The van der Waals surface area contributed by atoms with Gasteiger partial charge in [0.05, 0.1) is 0 Å². The number of carbonyl (C=O) groups excluding carboxylic acids is 1. The molecule has 0 saturated carbocycles. The minimum Gasteiger partial charge on any atom is -0.377 e. The monoisotopic (exact) mass is 348 g/mol. The van der Waals surface area contributed by atoms with E-state index in [0.717, 1.165) is 11.1 Å². The predicted molar refractivity (Wildman–Crippen MR) is 106 cm³/mol. The predicted octanol–water partition coefficient (Wildman–Crippen LogP) is 5.39. The Kier molecular flexibility index (Phi) is 4.23. The average Bonchev–Trinajstić information content (AvgIpc) is 2.57. The Morgan fingerprint density at radius 2 is 1.46 bits per heavy atom. The summed E-state index contributed by atoms with van der Waals surface area (Å²) in [4.78, 5) is 13.2. The van der Waals surface area contributed by atoms with E-state index in [4.69, 9.17) is 0 Å². The van der Waals surface area contributed by atoms with E-state index in [2.05, 4.69) is 20.8 Å². The van der Waals surface area contributed by atoms with Crippen molar-refractivity contribution in [2.45, 2.75) is 52.6 Å². The Morgan fingerprint density at radius 1 is 0.846 bits per heavy atom. The van der Waals surface area contributed by atoms with Gasteiger partial charge in [-0.2, -0.15) is 0 Å². The van der Waals surface area contributed by atoms with Gasteiger partial charge in [0.15, 0.2) is 5.78 Å². The molecule has 0 radical (unpaired) electrons. The third-order valence-corrected chi connectivity index (χ3v) is 5.16. The van der Waals surface area contributed by atoms with Gasteiger partial charge in [-0.3, -0.25) is 4.79 Å². The summed E-state index contributed by atoms with van der Waals surface area (Å²) in [6.07, 6.45) is 1.76. The van der Waals surface area contributed by atoms with Crippen LogP contribution in [-0.4, -0.2) is 10.9 Å². The second-order valence-electron chi connectivity index (χ2n) is 9.28. The fourth-order valence-corrected chi connectivity index (χ4v) is 3.51. The number of carbonyl (C=O) groups is 1. The first-order valence-corrected chi connectivity index (χ1v) is 9.15. The summed E-state index contributed by atoms with van der Waals surface area (Å²) in [6.45, 7) is 12.4. The van der Waals surface area contributed by atoms with E-state index in [1.807, 2.05) is 69.3 Å². The molecule has 26 heavy (non-hydrogen) atoms. The molecule has 0 saturated heterocycles. The van der Waals surface area contributed by atoms with Crippen LogP contribution in [0.25, 0.3) is 0 Å². The third kappa shape index (κ3) is 3.03. The highest BCUT2D eigenvalue weighted by Gasteiger charge is 2.42. The molecule has 1 N–H and O–H groups in total. The van der Waals surface area contributed by atoms with E-state index in [-0.39, 0.29) is 16.6 Å².